The lowest BCUT2D eigenvalue weighted by atomic mass is 10.1. The predicted octanol–water partition coefficient (Wildman–Crippen LogP) is 3.09. The van der Waals surface area contributed by atoms with Gasteiger partial charge in [0.25, 0.3) is 0 Å². The fourth-order valence-corrected chi connectivity index (χ4v) is 2.43. The number of carbonyl (C=O) groups excluding carboxylic acids is 1. The van der Waals surface area contributed by atoms with Crippen molar-refractivity contribution in [1.82, 2.24) is 0 Å². The summed E-state index contributed by atoms with van der Waals surface area (Å²) in [6.45, 7) is 0. The van der Waals surface area contributed by atoms with E-state index in [9.17, 15) is 9.90 Å². The molecule has 3 rings (SSSR count). The third kappa shape index (κ3) is 1.98. The third-order valence-corrected chi connectivity index (χ3v) is 3.41. The van der Waals surface area contributed by atoms with Gasteiger partial charge in [-0.3, -0.25) is 4.79 Å². The third-order valence-electron chi connectivity index (χ3n) is 3.41. The van der Waals surface area contributed by atoms with Crippen molar-refractivity contribution in [2.24, 2.45) is 0 Å². The van der Waals surface area contributed by atoms with Crippen molar-refractivity contribution in [3.63, 3.8) is 0 Å². The Morgan fingerprint density at radius 2 is 2.00 bits per heavy atom. The molecule has 1 aliphatic rings. The van der Waals surface area contributed by atoms with E-state index in [1.165, 1.54) is 0 Å². The van der Waals surface area contributed by atoms with Gasteiger partial charge in [-0.1, -0.05) is 24.3 Å². The molecular weight excluding hydrogens is 250 g/mol. The quantitative estimate of drug-likeness (QED) is 0.802. The standard InChI is InChI=1S/C17H11NO2/c18-10-12-4-1-3-11(7-12)8-13-9-15-14(17(13)20)5-2-6-16(15)19/h1-8,19H,9H2/b13-8+. The van der Waals surface area contributed by atoms with E-state index in [0.717, 1.165) is 5.56 Å². The van der Waals surface area contributed by atoms with Gasteiger partial charge in [0.1, 0.15) is 5.75 Å². The first kappa shape index (κ1) is 12.2. The molecule has 0 heterocycles. The molecule has 0 aromatic heterocycles. The summed E-state index contributed by atoms with van der Waals surface area (Å²) in [6.07, 6.45) is 2.21. The number of nitrogens with zero attached hydrogens (tertiary/aromatic N) is 1. The molecule has 0 fully saturated rings. The number of hydrogen-bond acceptors (Lipinski definition) is 3. The lowest BCUT2D eigenvalue weighted by Crippen LogP contribution is -1.95. The van der Waals surface area contributed by atoms with Gasteiger partial charge in [0, 0.05) is 23.1 Å². The molecule has 0 saturated carbocycles. The molecule has 0 radical (unpaired) electrons. The Kier molecular flexibility index (Phi) is 2.85. The molecule has 1 aliphatic carbocycles. The first-order chi connectivity index (χ1) is 9.69. The summed E-state index contributed by atoms with van der Waals surface area (Å²) in [5.41, 5.74) is 3.26. The highest BCUT2D eigenvalue weighted by Gasteiger charge is 2.26. The summed E-state index contributed by atoms with van der Waals surface area (Å²) in [5.74, 6) is 0.100. The average Bonchev–Trinajstić information content (AvgIpc) is 2.78. The summed E-state index contributed by atoms with van der Waals surface area (Å²) in [5, 5.41) is 18.7. The van der Waals surface area contributed by atoms with Crippen LogP contribution in [0.15, 0.2) is 48.0 Å². The lowest BCUT2D eigenvalue weighted by molar-refractivity contribution is 0.104. The number of allylic oxidation sites excluding steroid dienone is 1. The van der Waals surface area contributed by atoms with Gasteiger partial charge in [-0.05, 0) is 29.8 Å². The van der Waals surface area contributed by atoms with E-state index < -0.39 is 0 Å². The van der Waals surface area contributed by atoms with Crippen molar-refractivity contribution >= 4 is 11.9 Å². The maximum atomic E-state index is 12.3. The van der Waals surface area contributed by atoms with Crippen LogP contribution in [0, 0.1) is 11.3 Å². The molecule has 3 heteroatoms. The molecule has 3 nitrogen and oxygen atoms in total. The van der Waals surface area contributed by atoms with Crippen LogP contribution in [0.3, 0.4) is 0 Å². The van der Waals surface area contributed by atoms with Crippen LogP contribution in [0.25, 0.3) is 6.08 Å². The molecule has 0 unspecified atom stereocenters. The molecule has 1 N–H and O–H groups in total. The van der Waals surface area contributed by atoms with Gasteiger partial charge >= 0.3 is 0 Å². The van der Waals surface area contributed by atoms with Gasteiger partial charge in [0.05, 0.1) is 11.6 Å². The number of rotatable bonds is 1. The Morgan fingerprint density at radius 1 is 1.20 bits per heavy atom. The molecule has 0 aliphatic heterocycles. The van der Waals surface area contributed by atoms with Gasteiger partial charge in [-0.15, -0.1) is 0 Å². The summed E-state index contributed by atoms with van der Waals surface area (Å²) < 4.78 is 0. The number of fused-ring (bicyclic) bond motifs is 1. The van der Waals surface area contributed by atoms with E-state index in [0.29, 0.717) is 28.7 Å². The lowest BCUT2D eigenvalue weighted by Gasteiger charge is -1.98. The zero-order chi connectivity index (χ0) is 14.1. The molecule has 20 heavy (non-hydrogen) atoms. The first-order valence-electron chi connectivity index (χ1n) is 6.25. The molecule has 0 spiro atoms. The maximum absolute atomic E-state index is 12.3. The normalized spacial score (nSPS) is 15.2. The Labute approximate surface area is 116 Å². The van der Waals surface area contributed by atoms with Crippen molar-refractivity contribution < 1.29 is 9.90 Å². The zero-order valence-corrected chi connectivity index (χ0v) is 10.6. The molecule has 0 atom stereocenters. The van der Waals surface area contributed by atoms with Crippen molar-refractivity contribution in [2.75, 3.05) is 0 Å². The number of phenols is 1. The van der Waals surface area contributed by atoms with E-state index in [4.69, 9.17) is 5.26 Å². The number of aromatic hydroxyl groups is 1. The van der Waals surface area contributed by atoms with Crippen LogP contribution in [0.2, 0.25) is 0 Å². The number of Topliss-reactive ketones (excluding diaryl/α,β-unsaturated/α-hetero) is 1. The fourth-order valence-electron chi connectivity index (χ4n) is 2.43. The molecular formula is C17H11NO2. The summed E-state index contributed by atoms with van der Waals surface area (Å²) in [4.78, 5) is 12.3. The smallest absolute Gasteiger partial charge is 0.189 e. The van der Waals surface area contributed by atoms with Crippen molar-refractivity contribution in [3.05, 3.63) is 70.3 Å². The number of ketones is 1. The van der Waals surface area contributed by atoms with Crippen molar-refractivity contribution in [3.8, 4) is 11.8 Å². The Balaban J connectivity index is 2.02. The summed E-state index contributed by atoms with van der Waals surface area (Å²) in [6, 6.07) is 14.2. The molecule has 0 saturated heterocycles. The number of phenolic OH excluding ortho intramolecular Hbond substituents is 1. The second-order valence-corrected chi connectivity index (χ2v) is 4.72. The minimum absolute atomic E-state index is 0.0572. The first-order valence-corrected chi connectivity index (χ1v) is 6.25. The van der Waals surface area contributed by atoms with Crippen LogP contribution in [0.5, 0.6) is 5.75 Å². The van der Waals surface area contributed by atoms with E-state index in [-0.39, 0.29) is 11.5 Å². The van der Waals surface area contributed by atoms with Gasteiger partial charge in [-0.25, -0.2) is 0 Å². The second kappa shape index (κ2) is 4.67. The Hall–Kier alpha value is -2.86. The zero-order valence-electron chi connectivity index (χ0n) is 10.6. The minimum atomic E-state index is -0.0572. The fraction of sp³-hybridized carbons (Fsp3) is 0.0588. The van der Waals surface area contributed by atoms with Gasteiger partial charge in [0.15, 0.2) is 5.78 Å². The van der Waals surface area contributed by atoms with Crippen molar-refractivity contribution in [2.45, 2.75) is 6.42 Å². The van der Waals surface area contributed by atoms with E-state index in [1.54, 1.807) is 42.5 Å². The Bertz CT molecular complexity index is 782. The second-order valence-electron chi connectivity index (χ2n) is 4.72. The summed E-state index contributed by atoms with van der Waals surface area (Å²) >= 11 is 0. The molecule has 2 aromatic rings. The van der Waals surface area contributed by atoms with Gasteiger partial charge < -0.3 is 5.11 Å². The summed E-state index contributed by atoms with van der Waals surface area (Å²) in [7, 11) is 0. The number of hydrogen-bond donors (Lipinski definition) is 1. The maximum Gasteiger partial charge on any atom is 0.189 e. The number of benzene rings is 2. The Morgan fingerprint density at radius 3 is 2.75 bits per heavy atom. The largest absolute Gasteiger partial charge is 0.508 e. The van der Waals surface area contributed by atoms with Gasteiger partial charge in [-0.2, -0.15) is 5.26 Å². The SMILES string of the molecule is N#Cc1cccc(/C=C2\Cc3c(O)cccc3C2=O)c1. The van der Waals surface area contributed by atoms with Crippen LogP contribution in [-0.2, 0) is 6.42 Å². The minimum Gasteiger partial charge on any atom is -0.508 e. The van der Waals surface area contributed by atoms with Crippen LogP contribution < -0.4 is 0 Å². The number of carbonyl (C=O) groups is 1. The highest BCUT2D eigenvalue weighted by molar-refractivity contribution is 6.16. The van der Waals surface area contributed by atoms with Crippen LogP contribution >= 0.6 is 0 Å². The van der Waals surface area contributed by atoms with E-state index in [1.807, 2.05) is 6.07 Å². The van der Waals surface area contributed by atoms with Crippen LogP contribution in [-0.4, -0.2) is 10.9 Å². The molecule has 96 valence electrons. The topological polar surface area (TPSA) is 61.1 Å². The van der Waals surface area contributed by atoms with Crippen molar-refractivity contribution in [1.29, 1.82) is 5.26 Å². The highest BCUT2D eigenvalue weighted by atomic mass is 16.3. The van der Waals surface area contributed by atoms with E-state index >= 15 is 0 Å². The highest BCUT2D eigenvalue weighted by Crippen LogP contribution is 2.33. The predicted molar refractivity (Wildman–Crippen MR) is 75.3 cm³/mol. The molecule has 0 bridgehead atoms. The van der Waals surface area contributed by atoms with Gasteiger partial charge in [0.2, 0.25) is 0 Å². The van der Waals surface area contributed by atoms with E-state index in [2.05, 4.69) is 6.07 Å². The molecule has 2 aromatic carbocycles. The average molecular weight is 261 g/mol. The van der Waals surface area contributed by atoms with Crippen LogP contribution in [0.1, 0.15) is 27.0 Å². The number of nitriles is 1. The molecule has 0 amide bonds. The van der Waals surface area contributed by atoms with Crippen LogP contribution in [0.4, 0.5) is 0 Å². The monoisotopic (exact) mass is 261 g/mol.